The molecule has 0 saturated carbocycles. The average Bonchev–Trinajstić information content (AvgIpc) is 1.94. The van der Waals surface area contributed by atoms with Gasteiger partial charge in [-0.25, -0.2) is 3.11 Å². The number of nitrogens with zero attached hydrogens (tertiary/aromatic N) is 1. The summed E-state index contributed by atoms with van der Waals surface area (Å²) < 4.78 is 2.39. The summed E-state index contributed by atoms with van der Waals surface area (Å²) in [4.78, 5) is 0. The second kappa shape index (κ2) is 3.67. The summed E-state index contributed by atoms with van der Waals surface area (Å²) >= 11 is 2.41. The van der Waals surface area contributed by atoms with Gasteiger partial charge in [-0.2, -0.15) is 0 Å². The summed E-state index contributed by atoms with van der Waals surface area (Å²) in [7, 11) is 0. The van der Waals surface area contributed by atoms with Crippen molar-refractivity contribution in [1.82, 2.24) is 3.11 Å². The average molecular weight is 225 g/mol. The Balaban J connectivity index is 2.17. The third kappa shape index (κ3) is 2.31. The van der Waals surface area contributed by atoms with Crippen LogP contribution in [0.4, 0.5) is 0 Å². The fraction of sp³-hybridized carbons (Fsp3) is 1.00. The zero-order valence-corrected chi connectivity index (χ0v) is 7.23. The molecular weight excluding hydrogens is 213 g/mol. The van der Waals surface area contributed by atoms with Gasteiger partial charge in [-0.15, -0.1) is 0 Å². The van der Waals surface area contributed by atoms with Gasteiger partial charge < -0.3 is 0 Å². The molecule has 1 rings (SSSR count). The van der Waals surface area contributed by atoms with E-state index in [0.29, 0.717) is 0 Å². The topological polar surface area (TPSA) is 3.24 Å². The molecule has 1 saturated heterocycles. The predicted octanol–water partition coefficient (Wildman–Crippen LogP) is 2.21. The van der Waals surface area contributed by atoms with Crippen LogP contribution in [0.3, 0.4) is 0 Å². The fourth-order valence-corrected chi connectivity index (χ4v) is 1.71. The van der Waals surface area contributed by atoms with E-state index in [1.807, 2.05) is 0 Å². The Kier molecular flexibility index (Phi) is 3.12. The van der Waals surface area contributed by atoms with E-state index in [9.17, 15) is 0 Å². The molecule has 0 aromatic carbocycles. The van der Waals surface area contributed by atoms with Crippen LogP contribution in [0.25, 0.3) is 0 Å². The van der Waals surface area contributed by atoms with Crippen LogP contribution >= 0.6 is 22.9 Å². The molecular formula is C6H12IN. The minimum Gasteiger partial charge on any atom is -0.248 e. The smallest absolute Gasteiger partial charge is 0.0201 e. The highest BCUT2D eigenvalue weighted by Gasteiger charge is 2.03. The fourth-order valence-electron chi connectivity index (χ4n) is 1.03. The molecule has 1 heterocycles. The second-order valence-corrected chi connectivity index (χ2v) is 3.69. The molecule has 0 radical (unpaired) electrons. The molecule has 48 valence electrons. The van der Waals surface area contributed by atoms with Crippen molar-refractivity contribution >= 4 is 22.9 Å². The van der Waals surface area contributed by atoms with Crippen molar-refractivity contribution in [3.05, 3.63) is 0 Å². The van der Waals surface area contributed by atoms with Crippen molar-refractivity contribution in [3.63, 3.8) is 0 Å². The second-order valence-electron chi connectivity index (χ2n) is 2.32. The van der Waals surface area contributed by atoms with Gasteiger partial charge in [-0.3, -0.25) is 0 Å². The summed E-state index contributed by atoms with van der Waals surface area (Å²) in [6.07, 6.45) is 5.70. The molecule has 8 heavy (non-hydrogen) atoms. The van der Waals surface area contributed by atoms with Crippen LogP contribution in [0.1, 0.15) is 25.7 Å². The number of halogens is 1. The van der Waals surface area contributed by atoms with E-state index < -0.39 is 0 Å². The summed E-state index contributed by atoms with van der Waals surface area (Å²) in [5.74, 6) is 0. The van der Waals surface area contributed by atoms with E-state index in [4.69, 9.17) is 0 Å². The molecule has 0 amide bonds. The molecule has 0 aromatic rings. The van der Waals surface area contributed by atoms with Gasteiger partial charge in [0.25, 0.3) is 0 Å². The van der Waals surface area contributed by atoms with E-state index in [1.54, 1.807) is 0 Å². The maximum absolute atomic E-state index is 2.41. The Hall–Kier alpha value is 0.690. The Morgan fingerprint density at radius 3 is 1.88 bits per heavy atom. The molecule has 0 aromatic heterocycles. The molecule has 1 fully saturated rings. The van der Waals surface area contributed by atoms with Gasteiger partial charge in [0.05, 0.1) is 0 Å². The van der Waals surface area contributed by atoms with Crippen LogP contribution in [0.5, 0.6) is 0 Å². The molecule has 1 aliphatic rings. The lowest BCUT2D eigenvalue weighted by molar-refractivity contribution is 0.528. The minimum atomic E-state index is 1.31. The highest BCUT2D eigenvalue weighted by Crippen LogP contribution is 2.12. The molecule has 1 nitrogen and oxygen atoms in total. The molecule has 0 atom stereocenters. The normalized spacial score (nSPS) is 25.1. The Labute approximate surface area is 64.9 Å². The number of hydrogen-bond acceptors (Lipinski definition) is 1. The van der Waals surface area contributed by atoms with Crippen LogP contribution < -0.4 is 0 Å². The minimum absolute atomic E-state index is 1.31. The Morgan fingerprint density at radius 1 is 0.875 bits per heavy atom. The highest BCUT2D eigenvalue weighted by atomic mass is 127. The summed E-state index contributed by atoms with van der Waals surface area (Å²) in [6, 6.07) is 0. The van der Waals surface area contributed by atoms with E-state index in [-0.39, 0.29) is 0 Å². The van der Waals surface area contributed by atoms with Gasteiger partial charge >= 0.3 is 0 Å². The van der Waals surface area contributed by atoms with Crippen molar-refractivity contribution in [2.24, 2.45) is 0 Å². The lowest BCUT2D eigenvalue weighted by Gasteiger charge is -2.07. The van der Waals surface area contributed by atoms with Gasteiger partial charge in [0.2, 0.25) is 0 Å². The molecule has 0 bridgehead atoms. The number of hydrogen-bond donors (Lipinski definition) is 0. The van der Waals surface area contributed by atoms with E-state index in [0.717, 1.165) is 0 Å². The lowest BCUT2D eigenvalue weighted by Crippen LogP contribution is -2.10. The Bertz CT molecular complexity index is 57.5. The lowest BCUT2D eigenvalue weighted by atomic mass is 10.2. The van der Waals surface area contributed by atoms with E-state index in [1.165, 1.54) is 38.8 Å². The largest absolute Gasteiger partial charge is 0.248 e. The van der Waals surface area contributed by atoms with Crippen LogP contribution in [-0.2, 0) is 0 Å². The van der Waals surface area contributed by atoms with Crippen LogP contribution in [0.15, 0.2) is 0 Å². The third-order valence-corrected chi connectivity index (χ3v) is 2.52. The predicted molar refractivity (Wildman–Crippen MR) is 44.1 cm³/mol. The highest BCUT2D eigenvalue weighted by molar-refractivity contribution is 14.1. The van der Waals surface area contributed by atoms with Crippen LogP contribution in [0, 0.1) is 0 Å². The van der Waals surface area contributed by atoms with Crippen molar-refractivity contribution in [3.8, 4) is 0 Å². The van der Waals surface area contributed by atoms with Crippen molar-refractivity contribution in [1.29, 1.82) is 0 Å². The number of rotatable bonds is 0. The molecule has 1 aliphatic heterocycles. The SMILES string of the molecule is IN1CCCCCC1. The third-order valence-electron chi connectivity index (χ3n) is 1.55. The van der Waals surface area contributed by atoms with Crippen LogP contribution in [0.2, 0.25) is 0 Å². The van der Waals surface area contributed by atoms with Gasteiger partial charge in [0, 0.05) is 36.0 Å². The van der Waals surface area contributed by atoms with Crippen LogP contribution in [-0.4, -0.2) is 16.2 Å². The first-order valence-corrected chi connectivity index (χ1v) is 4.27. The summed E-state index contributed by atoms with van der Waals surface area (Å²) in [5, 5.41) is 0. The van der Waals surface area contributed by atoms with Gasteiger partial charge in [-0.05, 0) is 12.8 Å². The Morgan fingerprint density at radius 2 is 1.38 bits per heavy atom. The van der Waals surface area contributed by atoms with E-state index >= 15 is 0 Å². The summed E-state index contributed by atoms with van der Waals surface area (Å²) in [5.41, 5.74) is 0. The molecule has 2 heteroatoms. The van der Waals surface area contributed by atoms with Gasteiger partial charge in [0.1, 0.15) is 0 Å². The first-order valence-electron chi connectivity index (χ1n) is 3.30. The zero-order chi connectivity index (χ0) is 5.82. The maximum Gasteiger partial charge on any atom is 0.0201 e. The van der Waals surface area contributed by atoms with Crippen molar-refractivity contribution in [2.75, 3.05) is 13.1 Å². The molecule has 0 aliphatic carbocycles. The molecule has 0 N–H and O–H groups in total. The van der Waals surface area contributed by atoms with Gasteiger partial charge in [-0.1, -0.05) is 12.8 Å². The first kappa shape index (κ1) is 6.81. The molecule has 0 unspecified atom stereocenters. The maximum atomic E-state index is 2.41. The summed E-state index contributed by atoms with van der Waals surface area (Å²) in [6.45, 7) is 2.61. The van der Waals surface area contributed by atoms with E-state index in [2.05, 4.69) is 26.0 Å². The van der Waals surface area contributed by atoms with Crippen molar-refractivity contribution in [2.45, 2.75) is 25.7 Å². The monoisotopic (exact) mass is 225 g/mol. The molecule has 0 spiro atoms. The van der Waals surface area contributed by atoms with Crippen molar-refractivity contribution < 1.29 is 0 Å². The first-order chi connectivity index (χ1) is 3.89. The standard InChI is InChI=1S/C6H12IN/c7-8-5-3-1-2-4-6-8/h1-6H2. The van der Waals surface area contributed by atoms with Gasteiger partial charge in [0.15, 0.2) is 0 Å². The zero-order valence-electron chi connectivity index (χ0n) is 5.07. The quantitative estimate of drug-likeness (QED) is 0.451.